The first kappa shape index (κ1) is 22.9. The highest BCUT2D eigenvalue weighted by Gasteiger charge is 2.37. The molecule has 31 heavy (non-hydrogen) atoms. The number of aryl methyl sites for hydroxylation is 1. The van der Waals surface area contributed by atoms with Gasteiger partial charge in [0.25, 0.3) is 5.91 Å². The monoisotopic (exact) mass is 440 g/mol. The molecular formula is C25H29ClN2O3. The SMILES string of the molecule is CCOC(=O)C1=C(C)N(CC(C)C)C(=O)/C1=C\c1cc(C)n(-c2ccccc2Cl)c1C. The number of aromatic nitrogens is 1. The molecule has 1 aromatic carbocycles. The van der Waals surface area contributed by atoms with Crippen LogP contribution in [0.2, 0.25) is 5.02 Å². The molecule has 2 aromatic rings. The quantitative estimate of drug-likeness (QED) is 0.442. The van der Waals surface area contributed by atoms with Gasteiger partial charge in [-0.2, -0.15) is 0 Å². The van der Waals surface area contributed by atoms with Gasteiger partial charge in [-0.3, -0.25) is 4.79 Å². The Bertz CT molecular complexity index is 1090. The van der Waals surface area contributed by atoms with Crippen LogP contribution >= 0.6 is 11.6 Å². The van der Waals surface area contributed by atoms with E-state index >= 15 is 0 Å². The molecule has 0 fully saturated rings. The third-order valence-electron chi connectivity index (χ3n) is 5.40. The zero-order valence-corrected chi connectivity index (χ0v) is 19.7. The van der Waals surface area contributed by atoms with Crippen LogP contribution in [-0.4, -0.2) is 34.5 Å². The highest BCUT2D eigenvalue weighted by molar-refractivity contribution is 6.32. The molecule has 0 aliphatic carbocycles. The summed E-state index contributed by atoms with van der Waals surface area (Å²) in [5.74, 6) is -0.366. The predicted octanol–water partition coefficient (Wildman–Crippen LogP) is 5.47. The Morgan fingerprint density at radius 2 is 1.87 bits per heavy atom. The second-order valence-electron chi connectivity index (χ2n) is 8.16. The molecule has 0 saturated carbocycles. The molecule has 0 bridgehead atoms. The fourth-order valence-corrected chi connectivity index (χ4v) is 4.23. The number of ether oxygens (including phenoxy) is 1. The first-order valence-corrected chi connectivity index (χ1v) is 10.9. The standard InChI is InChI=1S/C25H29ClN2O3/c1-7-31-25(30)23-18(6)27(14-15(2)3)24(29)20(23)13-19-12-16(4)28(17(19)5)22-11-9-8-10-21(22)26/h8-13,15H,7,14H2,1-6H3/b20-13-. The number of amides is 1. The van der Waals surface area contributed by atoms with E-state index in [0.29, 0.717) is 28.4 Å². The maximum Gasteiger partial charge on any atom is 0.340 e. The zero-order chi connectivity index (χ0) is 22.9. The summed E-state index contributed by atoms with van der Waals surface area (Å²) in [5, 5.41) is 0.645. The summed E-state index contributed by atoms with van der Waals surface area (Å²) in [6.45, 7) is 12.4. The molecular weight excluding hydrogens is 412 g/mol. The maximum atomic E-state index is 13.3. The van der Waals surface area contributed by atoms with Crippen molar-refractivity contribution in [2.75, 3.05) is 13.2 Å². The lowest BCUT2D eigenvalue weighted by Gasteiger charge is -2.19. The van der Waals surface area contributed by atoms with Crippen molar-refractivity contribution in [2.45, 2.75) is 41.5 Å². The molecule has 6 heteroatoms. The number of halogens is 1. The van der Waals surface area contributed by atoms with Crippen LogP contribution in [0.3, 0.4) is 0 Å². The fraction of sp³-hybridized carbons (Fsp3) is 0.360. The number of nitrogens with zero attached hydrogens (tertiary/aromatic N) is 2. The number of para-hydroxylation sites is 1. The molecule has 0 atom stereocenters. The second kappa shape index (κ2) is 9.15. The highest BCUT2D eigenvalue weighted by atomic mass is 35.5. The van der Waals surface area contributed by atoms with Crippen molar-refractivity contribution in [1.29, 1.82) is 0 Å². The summed E-state index contributed by atoms with van der Waals surface area (Å²) in [6, 6.07) is 9.64. The van der Waals surface area contributed by atoms with Gasteiger partial charge in [0.1, 0.15) is 0 Å². The molecule has 5 nitrogen and oxygen atoms in total. The third kappa shape index (κ3) is 4.33. The molecule has 1 amide bonds. The van der Waals surface area contributed by atoms with Crippen LogP contribution in [0.15, 0.2) is 47.2 Å². The average Bonchev–Trinajstić information content (AvgIpc) is 3.10. The molecule has 1 aliphatic heterocycles. The molecule has 1 aromatic heterocycles. The van der Waals surface area contributed by atoms with Gasteiger partial charge < -0.3 is 14.2 Å². The Kier molecular flexibility index (Phi) is 6.75. The van der Waals surface area contributed by atoms with E-state index in [1.807, 2.05) is 58.0 Å². The van der Waals surface area contributed by atoms with Crippen LogP contribution in [0.25, 0.3) is 11.8 Å². The maximum absolute atomic E-state index is 13.3. The van der Waals surface area contributed by atoms with Gasteiger partial charge in [0.2, 0.25) is 0 Å². The Hall–Kier alpha value is -2.79. The normalized spacial score (nSPS) is 15.5. The van der Waals surface area contributed by atoms with E-state index in [0.717, 1.165) is 22.6 Å². The van der Waals surface area contributed by atoms with Gasteiger partial charge in [0.15, 0.2) is 0 Å². The van der Waals surface area contributed by atoms with E-state index < -0.39 is 5.97 Å². The van der Waals surface area contributed by atoms with Gasteiger partial charge in [-0.15, -0.1) is 0 Å². The van der Waals surface area contributed by atoms with Crippen LogP contribution in [0.1, 0.15) is 44.6 Å². The fourth-order valence-electron chi connectivity index (χ4n) is 4.01. The van der Waals surface area contributed by atoms with Crippen molar-refractivity contribution in [3.63, 3.8) is 0 Å². The van der Waals surface area contributed by atoms with Gasteiger partial charge in [-0.05, 0) is 63.5 Å². The van der Waals surface area contributed by atoms with Crippen molar-refractivity contribution >= 4 is 29.6 Å². The molecule has 3 rings (SSSR count). The number of rotatable bonds is 6. The van der Waals surface area contributed by atoms with Crippen LogP contribution in [0, 0.1) is 19.8 Å². The molecule has 0 saturated heterocycles. The Morgan fingerprint density at radius 3 is 2.48 bits per heavy atom. The summed E-state index contributed by atoms with van der Waals surface area (Å²) >= 11 is 6.43. The minimum absolute atomic E-state index is 0.170. The average molecular weight is 441 g/mol. The van der Waals surface area contributed by atoms with Crippen LogP contribution in [-0.2, 0) is 14.3 Å². The number of benzene rings is 1. The molecule has 0 unspecified atom stereocenters. The molecule has 2 heterocycles. The lowest BCUT2D eigenvalue weighted by molar-refractivity contribution is -0.138. The summed E-state index contributed by atoms with van der Waals surface area (Å²) in [5.41, 5.74) is 5.02. The largest absolute Gasteiger partial charge is 0.462 e. The van der Waals surface area contributed by atoms with E-state index in [9.17, 15) is 9.59 Å². The Morgan fingerprint density at radius 1 is 1.19 bits per heavy atom. The van der Waals surface area contributed by atoms with Gasteiger partial charge in [0, 0.05) is 23.6 Å². The van der Waals surface area contributed by atoms with E-state index in [-0.39, 0.29) is 18.4 Å². The van der Waals surface area contributed by atoms with Crippen molar-refractivity contribution < 1.29 is 14.3 Å². The topological polar surface area (TPSA) is 51.5 Å². The predicted molar refractivity (Wildman–Crippen MR) is 124 cm³/mol. The van der Waals surface area contributed by atoms with Crippen molar-refractivity contribution in [2.24, 2.45) is 5.92 Å². The second-order valence-corrected chi connectivity index (χ2v) is 8.57. The van der Waals surface area contributed by atoms with E-state index in [2.05, 4.69) is 4.57 Å². The summed E-state index contributed by atoms with van der Waals surface area (Å²) < 4.78 is 7.33. The van der Waals surface area contributed by atoms with Crippen molar-refractivity contribution in [3.8, 4) is 5.69 Å². The number of allylic oxidation sites excluding steroid dienone is 1. The smallest absolute Gasteiger partial charge is 0.340 e. The third-order valence-corrected chi connectivity index (χ3v) is 5.72. The summed E-state index contributed by atoms with van der Waals surface area (Å²) in [7, 11) is 0. The van der Waals surface area contributed by atoms with E-state index in [1.165, 1.54) is 0 Å². The molecule has 1 aliphatic rings. The highest BCUT2D eigenvalue weighted by Crippen LogP contribution is 2.34. The van der Waals surface area contributed by atoms with Crippen molar-refractivity contribution in [3.05, 3.63) is 69.1 Å². The minimum atomic E-state index is -0.467. The van der Waals surface area contributed by atoms with Crippen molar-refractivity contribution in [1.82, 2.24) is 9.47 Å². The first-order chi connectivity index (χ1) is 14.7. The van der Waals surface area contributed by atoms with Gasteiger partial charge in [-0.25, -0.2) is 4.79 Å². The lowest BCUT2D eigenvalue weighted by atomic mass is 10.0. The summed E-state index contributed by atoms with van der Waals surface area (Å²) in [6.07, 6.45) is 1.80. The lowest BCUT2D eigenvalue weighted by Crippen LogP contribution is -2.28. The van der Waals surface area contributed by atoms with Crippen LogP contribution in [0.4, 0.5) is 0 Å². The molecule has 0 radical (unpaired) electrons. The van der Waals surface area contributed by atoms with Gasteiger partial charge in [0.05, 0.1) is 28.5 Å². The molecule has 0 spiro atoms. The zero-order valence-electron chi connectivity index (χ0n) is 19.0. The number of hydrogen-bond acceptors (Lipinski definition) is 3. The van der Waals surface area contributed by atoms with Crippen LogP contribution in [0.5, 0.6) is 0 Å². The van der Waals surface area contributed by atoms with Gasteiger partial charge in [-0.1, -0.05) is 37.6 Å². The molecule has 164 valence electrons. The number of esters is 1. The summed E-state index contributed by atoms with van der Waals surface area (Å²) in [4.78, 5) is 27.7. The Balaban J connectivity index is 2.13. The number of carbonyl (C=O) groups excluding carboxylic acids is 2. The number of hydrogen-bond donors (Lipinski definition) is 0. The number of carbonyl (C=O) groups is 2. The minimum Gasteiger partial charge on any atom is -0.462 e. The van der Waals surface area contributed by atoms with E-state index in [1.54, 1.807) is 24.8 Å². The van der Waals surface area contributed by atoms with Gasteiger partial charge >= 0.3 is 5.97 Å². The van der Waals surface area contributed by atoms with Crippen LogP contribution < -0.4 is 0 Å². The molecule has 0 N–H and O–H groups in total. The van der Waals surface area contributed by atoms with E-state index in [4.69, 9.17) is 16.3 Å². The first-order valence-electron chi connectivity index (χ1n) is 10.5. The Labute approximate surface area is 188 Å².